The van der Waals surface area contributed by atoms with Gasteiger partial charge in [0.15, 0.2) is 0 Å². The SMILES string of the molecule is CC(O)C(N)C(=O)NC(CC(=O)O)C(=O)NC(CS)C(=O)N1CCCC1C(=O)O. The highest BCUT2D eigenvalue weighted by Crippen LogP contribution is 2.18. The average Bonchev–Trinajstić information content (AvgIpc) is 3.13. The molecule has 1 aliphatic rings. The Morgan fingerprint density at radius 2 is 1.72 bits per heavy atom. The van der Waals surface area contributed by atoms with Crippen molar-refractivity contribution in [3.63, 3.8) is 0 Å². The third kappa shape index (κ3) is 6.87. The first kappa shape index (κ1) is 24.7. The van der Waals surface area contributed by atoms with E-state index in [1.54, 1.807) is 0 Å². The zero-order valence-electron chi connectivity index (χ0n) is 15.8. The van der Waals surface area contributed by atoms with Gasteiger partial charge in [0.05, 0.1) is 12.5 Å². The molecule has 1 heterocycles. The summed E-state index contributed by atoms with van der Waals surface area (Å²) in [6.07, 6.45) is -1.26. The van der Waals surface area contributed by atoms with Crippen LogP contribution in [-0.4, -0.2) is 92.4 Å². The highest BCUT2D eigenvalue weighted by Gasteiger charge is 2.38. The minimum atomic E-state index is -1.56. The van der Waals surface area contributed by atoms with E-state index in [1.807, 2.05) is 0 Å². The first-order valence-corrected chi connectivity index (χ1v) is 9.53. The molecule has 0 aromatic rings. The van der Waals surface area contributed by atoms with Crippen LogP contribution in [0.1, 0.15) is 26.2 Å². The highest BCUT2D eigenvalue weighted by atomic mass is 32.1. The van der Waals surface area contributed by atoms with Crippen LogP contribution in [0.2, 0.25) is 0 Å². The van der Waals surface area contributed by atoms with E-state index in [0.717, 1.165) is 4.90 Å². The topological polar surface area (TPSA) is 199 Å². The molecule has 5 atom stereocenters. The van der Waals surface area contributed by atoms with Crippen LogP contribution < -0.4 is 16.4 Å². The third-order valence-corrected chi connectivity index (χ3v) is 4.82. The van der Waals surface area contributed by atoms with Crippen LogP contribution in [0.15, 0.2) is 0 Å². The van der Waals surface area contributed by atoms with E-state index in [9.17, 15) is 34.2 Å². The number of carbonyl (C=O) groups excluding carboxylic acids is 3. The molecule has 3 amide bonds. The van der Waals surface area contributed by atoms with Crippen LogP contribution in [0.25, 0.3) is 0 Å². The van der Waals surface area contributed by atoms with Crippen LogP contribution in [0, 0.1) is 0 Å². The summed E-state index contributed by atoms with van der Waals surface area (Å²) in [5, 5.41) is 32.0. The molecule has 7 N–H and O–H groups in total. The maximum atomic E-state index is 12.6. The van der Waals surface area contributed by atoms with Crippen molar-refractivity contribution < 1.29 is 39.3 Å². The minimum absolute atomic E-state index is 0.172. The number of carboxylic acids is 2. The van der Waals surface area contributed by atoms with E-state index in [1.165, 1.54) is 6.92 Å². The number of aliphatic carboxylic acids is 2. The zero-order valence-corrected chi connectivity index (χ0v) is 16.7. The Morgan fingerprint density at radius 1 is 1.14 bits per heavy atom. The first-order chi connectivity index (χ1) is 13.5. The molecule has 0 aromatic carbocycles. The maximum absolute atomic E-state index is 12.6. The van der Waals surface area contributed by atoms with Crippen molar-refractivity contribution in [2.24, 2.45) is 5.73 Å². The summed E-state index contributed by atoms with van der Waals surface area (Å²) < 4.78 is 0. The van der Waals surface area contributed by atoms with E-state index in [-0.39, 0.29) is 18.7 Å². The Bertz CT molecular complexity index is 659. The lowest BCUT2D eigenvalue weighted by Gasteiger charge is -2.28. The fraction of sp³-hybridized carbons (Fsp3) is 0.688. The lowest BCUT2D eigenvalue weighted by atomic mass is 10.1. The number of aliphatic hydroxyl groups is 1. The number of aliphatic hydroxyl groups excluding tert-OH is 1. The van der Waals surface area contributed by atoms with E-state index in [0.29, 0.717) is 6.42 Å². The fourth-order valence-electron chi connectivity index (χ4n) is 2.82. The second kappa shape index (κ2) is 11.0. The van der Waals surface area contributed by atoms with Gasteiger partial charge in [0.25, 0.3) is 0 Å². The molecule has 0 aromatic heterocycles. The number of nitrogens with one attached hydrogen (secondary N) is 2. The van der Waals surface area contributed by atoms with Crippen LogP contribution >= 0.6 is 12.6 Å². The van der Waals surface area contributed by atoms with Gasteiger partial charge in [0, 0.05) is 12.3 Å². The summed E-state index contributed by atoms with van der Waals surface area (Å²) in [5.41, 5.74) is 5.47. The highest BCUT2D eigenvalue weighted by molar-refractivity contribution is 7.80. The van der Waals surface area contributed by atoms with Crippen LogP contribution in [0.4, 0.5) is 0 Å². The largest absolute Gasteiger partial charge is 0.481 e. The number of nitrogens with zero attached hydrogens (tertiary/aromatic N) is 1. The van der Waals surface area contributed by atoms with Crippen LogP contribution in [-0.2, 0) is 24.0 Å². The number of nitrogens with two attached hydrogens (primary N) is 1. The summed E-state index contributed by atoms with van der Waals surface area (Å²) in [4.78, 5) is 60.5. The van der Waals surface area contributed by atoms with Gasteiger partial charge in [0.1, 0.15) is 24.2 Å². The molecule has 1 fully saturated rings. The molecule has 0 saturated carbocycles. The molecule has 12 nitrogen and oxygen atoms in total. The summed E-state index contributed by atoms with van der Waals surface area (Å²) in [7, 11) is 0. The summed E-state index contributed by atoms with van der Waals surface area (Å²) >= 11 is 4.00. The molecule has 0 radical (unpaired) electrons. The van der Waals surface area contributed by atoms with E-state index in [2.05, 4.69) is 23.3 Å². The van der Waals surface area contributed by atoms with Crippen molar-refractivity contribution in [2.45, 2.75) is 56.5 Å². The summed E-state index contributed by atoms with van der Waals surface area (Å²) in [6.45, 7) is 1.45. The average molecular weight is 434 g/mol. The van der Waals surface area contributed by atoms with Gasteiger partial charge in [-0.05, 0) is 19.8 Å². The lowest BCUT2D eigenvalue weighted by molar-refractivity contribution is -0.149. The van der Waals surface area contributed by atoms with Gasteiger partial charge in [-0.1, -0.05) is 0 Å². The quantitative estimate of drug-likeness (QED) is 0.177. The normalized spacial score (nSPS) is 20.3. The van der Waals surface area contributed by atoms with Crippen molar-refractivity contribution >= 4 is 42.3 Å². The monoisotopic (exact) mass is 434 g/mol. The first-order valence-electron chi connectivity index (χ1n) is 8.89. The van der Waals surface area contributed by atoms with E-state index in [4.69, 9.17) is 10.8 Å². The number of rotatable bonds is 10. The molecular formula is C16H26N4O8S. The van der Waals surface area contributed by atoms with Crippen molar-refractivity contribution in [3.8, 4) is 0 Å². The molecule has 1 aliphatic heterocycles. The van der Waals surface area contributed by atoms with Gasteiger partial charge >= 0.3 is 11.9 Å². The number of carbonyl (C=O) groups is 5. The lowest BCUT2D eigenvalue weighted by Crippen LogP contribution is -2.59. The van der Waals surface area contributed by atoms with Crippen LogP contribution in [0.3, 0.4) is 0 Å². The minimum Gasteiger partial charge on any atom is -0.481 e. The Morgan fingerprint density at radius 3 is 2.21 bits per heavy atom. The van der Waals surface area contributed by atoms with Crippen molar-refractivity contribution in [2.75, 3.05) is 12.3 Å². The maximum Gasteiger partial charge on any atom is 0.326 e. The number of amides is 3. The number of thiol groups is 1. The predicted molar refractivity (Wildman–Crippen MR) is 102 cm³/mol. The Labute approximate surface area is 172 Å². The Balaban J connectivity index is 2.89. The van der Waals surface area contributed by atoms with Crippen molar-refractivity contribution in [1.82, 2.24) is 15.5 Å². The molecule has 13 heteroatoms. The second-order valence-electron chi connectivity index (χ2n) is 6.70. The van der Waals surface area contributed by atoms with Crippen LogP contribution in [0.5, 0.6) is 0 Å². The third-order valence-electron chi connectivity index (χ3n) is 4.45. The molecular weight excluding hydrogens is 408 g/mol. The van der Waals surface area contributed by atoms with Gasteiger partial charge < -0.3 is 36.6 Å². The number of carboxylic acid groups (broad SMARTS) is 2. The van der Waals surface area contributed by atoms with Gasteiger partial charge in [-0.15, -0.1) is 0 Å². The van der Waals surface area contributed by atoms with Gasteiger partial charge in [0.2, 0.25) is 17.7 Å². The Hall–Kier alpha value is -2.38. The molecule has 0 aliphatic carbocycles. The van der Waals surface area contributed by atoms with Crippen molar-refractivity contribution in [3.05, 3.63) is 0 Å². The number of hydrogen-bond donors (Lipinski definition) is 7. The zero-order chi connectivity index (χ0) is 22.3. The van der Waals surface area contributed by atoms with Gasteiger partial charge in [-0.2, -0.15) is 12.6 Å². The molecule has 164 valence electrons. The van der Waals surface area contributed by atoms with Crippen molar-refractivity contribution in [1.29, 1.82) is 0 Å². The predicted octanol–water partition coefficient (Wildman–Crippen LogP) is -2.86. The second-order valence-corrected chi connectivity index (χ2v) is 7.06. The smallest absolute Gasteiger partial charge is 0.326 e. The number of likely N-dealkylation sites (tertiary alicyclic amines) is 1. The molecule has 1 rings (SSSR count). The molecule has 29 heavy (non-hydrogen) atoms. The molecule has 5 unspecified atom stereocenters. The summed E-state index contributed by atoms with van der Waals surface area (Å²) in [6, 6.07) is -5.18. The van der Waals surface area contributed by atoms with E-state index >= 15 is 0 Å². The molecule has 0 bridgehead atoms. The van der Waals surface area contributed by atoms with E-state index < -0.39 is 66.4 Å². The molecule has 0 spiro atoms. The van der Waals surface area contributed by atoms with Gasteiger partial charge in [-0.3, -0.25) is 19.2 Å². The molecule has 1 saturated heterocycles. The van der Waals surface area contributed by atoms with Gasteiger partial charge in [-0.25, -0.2) is 4.79 Å². The number of hydrogen-bond acceptors (Lipinski definition) is 8. The standard InChI is InChI=1S/C16H26N4O8S/c1-7(21)12(17)14(25)18-8(5-11(22)23)13(24)19-9(6-29)15(26)20-4-2-3-10(20)16(27)28/h7-10,12,21,29H,2-6,17H2,1H3,(H,18,25)(H,19,24)(H,22,23)(H,27,28). The Kier molecular flexibility index (Phi) is 9.33. The fourth-order valence-corrected chi connectivity index (χ4v) is 3.06. The summed E-state index contributed by atoms with van der Waals surface area (Å²) in [5.74, 6) is -5.32.